The smallest absolute Gasteiger partial charge is 0.221 e. The van der Waals surface area contributed by atoms with Crippen molar-refractivity contribution < 1.29 is 14.3 Å². The molecular weight excluding hydrogens is 408 g/mol. The van der Waals surface area contributed by atoms with Crippen LogP contribution in [-0.2, 0) is 16.1 Å². The Labute approximate surface area is 186 Å². The first-order chi connectivity index (χ1) is 15.7. The number of hydrogen-bond acceptors (Lipinski definition) is 6. The SMILES string of the molecule is COc1ccc([C@H](CNC(=O)CCn2ncc(=O)c3ccccc32)N2CCOCC2)cc1. The number of aromatic nitrogens is 2. The van der Waals surface area contributed by atoms with Crippen molar-refractivity contribution in [3.8, 4) is 5.75 Å². The normalized spacial score (nSPS) is 15.4. The van der Waals surface area contributed by atoms with Gasteiger partial charge in [-0.25, -0.2) is 0 Å². The Bertz CT molecular complexity index is 1110. The molecule has 0 spiro atoms. The van der Waals surface area contributed by atoms with Crippen LogP contribution in [0.15, 0.2) is 59.5 Å². The van der Waals surface area contributed by atoms with Gasteiger partial charge in [-0.3, -0.25) is 19.2 Å². The van der Waals surface area contributed by atoms with E-state index >= 15 is 0 Å². The molecule has 1 N–H and O–H groups in total. The van der Waals surface area contributed by atoms with Gasteiger partial charge < -0.3 is 14.8 Å². The minimum atomic E-state index is -0.117. The van der Waals surface area contributed by atoms with E-state index in [1.54, 1.807) is 17.9 Å². The van der Waals surface area contributed by atoms with Crippen molar-refractivity contribution in [2.24, 2.45) is 0 Å². The highest BCUT2D eigenvalue weighted by molar-refractivity contribution is 5.79. The second-order valence-electron chi connectivity index (χ2n) is 7.74. The Balaban J connectivity index is 1.41. The van der Waals surface area contributed by atoms with E-state index in [1.165, 1.54) is 6.20 Å². The minimum absolute atomic E-state index is 0.0543. The van der Waals surface area contributed by atoms with Gasteiger partial charge in [0.05, 0.1) is 44.6 Å². The zero-order valence-corrected chi connectivity index (χ0v) is 18.2. The zero-order chi connectivity index (χ0) is 22.3. The van der Waals surface area contributed by atoms with Gasteiger partial charge >= 0.3 is 0 Å². The van der Waals surface area contributed by atoms with Crippen molar-refractivity contribution in [1.29, 1.82) is 0 Å². The van der Waals surface area contributed by atoms with Crippen LogP contribution in [0.2, 0.25) is 0 Å². The molecule has 0 unspecified atom stereocenters. The van der Waals surface area contributed by atoms with Gasteiger partial charge in [-0.2, -0.15) is 5.10 Å². The summed E-state index contributed by atoms with van der Waals surface area (Å²) in [7, 11) is 1.65. The molecule has 8 nitrogen and oxygen atoms in total. The number of carbonyl (C=O) groups excluding carboxylic acids is 1. The molecule has 0 saturated carbocycles. The number of carbonyl (C=O) groups is 1. The lowest BCUT2D eigenvalue weighted by Crippen LogP contribution is -2.43. The summed E-state index contributed by atoms with van der Waals surface area (Å²) in [6, 6.07) is 15.3. The van der Waals surface area contributed by atoms with Gasteiger partial charge in [0.25, 0.3) is 0 Å². The van der Waals surface area contributed by atoms with Crippen LogP contribution in [0.25, 0.3) is 10.9 Å². The van der Waals surface area contributed by atoms with Crippen LogP contribution in [0, 0.1) is 0 Å². The number of ether oxygens (including phenoxy) is 2. The Hall–Kier alpha value is -3.23. The molecule has 8 heteroatoms. The molecule has 3 aromatic rings. The molecule has 2 aromatic carbocycles. The summed E-state index contributed by atoms with van der Waals surface area (Å²) in [6.45, 7) is 3.91. The van der Waals surface area contributed by atoms with E-state index in [-0.39, 0.29) is 23.8 Å². The van der Waals surface area contributed by atoms with E-state index < -0.39 is 0 Å². The van der Waals surface area contributed by atoms with Gasteiger partial charge in [0.1, 0.15) is 5.75 Å². The molecule has 0 radical (unpaired) electrons. The average Bonchev–Trinajstić information content (AvgIpc) is 2.85. The van der Waals surface area contributed by atoms with E-state index in [0.717, 1.165) is 29.9 Å². The number of amides is 1. The van der Waals surface area contributed by atoms with E-state index in [4.69, 9.17) is 9.47 Å². The number of rotatable bonds is 8. The van der Waals surface area contributed by atoms with Crippen LogP contribution in [0.3, 0.4) is 0 Å². The summed E-state index contributed by atoms with van der Waals surface area (Å²) in [5.74, 6) is 0.751. The maximum Gasteiger partial charge on any atom is 0.221 e. The third-order valence-corrected chi connectivity index (χ3v) is 5.79. The topological polar surface area (TPSA) is 85.7 Å². The molecule has 0 bridgehead atoms. The average molecular weight is 437 g/mol. The van der Waals surface area contributed by atoms with Crippen molar-refractivity contribution in [3.63, 3.8) is 0 Å². The minimum Gasteiger partial charge on any atom is -0.497 e. The number of nitrogens with one attached hydrogen (secondary N) is 1. The predicted molar refractivity (Wildman–Crippen MR) is 122 cm³/mol. The number of benzene rings is 2. The molecule has 1 aliphatic heterocycles. The van der Waals surface area contributed by atoms with Crippen molar-refractivity contribution in [1.82, 2.24) is 20.0 Å². The van der Waals surface area contributed by atoms with Crippen molar-refractivity contribution in [2.45, 2.75) is 19.0 Å². The monoisotopic (exact) mass is 436 g/mol. The Kier molecular flexibility index (Phi) is 7.14. The molecule has 0 aliphatic carbocycles. The van der Waals surface area contributed by atoms with Crippen molar-refractivity contribution in [3.05, 3.63) is 70.5 Å². The highest BCUT2D eigenvalue weighted by Crippen LogP contribution is 2.23. The Morgan fingerprint density at radius 1 is 1.16 bits per heavy atom. The zero-order valence-electron chi connectivity index (χ0n) is 18.2. The van der Waals surface area contributed by atoms with E-state index in [1.807, 2.05) is 42.5 Å². The van der Waals surface area contributed by atoms with Crippen LogP contribution in [-0.4, -0.2) is 60.5 Å². The van der Waals surface area contributed by atoms with E-state index in [9.17, 15) is 9.59 Å². The second kappa shape index (κ2) is 10.4. The summed E-state index contributed by atoms with van der Waals surface area (Å²) >= 11 is 0. The van der Waals surface area contributed by atoms with Gasteiger partial charge in [-0.1, -0.05) is 24.3 Å². The van der Waals surface area contributed by atoms with Crippen LogP contribution in [0.1, 0.15) is 18.0 Å². The molecule has 1 fully saturated rings. The van der Waals surface area contributed by atoms with Crippen LogP contribution >= 0.6 is 0 Å². The standard InChI is InChI=1S/C24H28N4O4/c1-31-19-8-6-18(7-9-19)22(27-12-14-32-15-13-27)16-25-24(30)10-11-28-21-5-3-2-4-20(21)23(29)17-26-28/h2-9,17,22H,10-16H2,1H3,(H,25,30)/t22-/m0/s1. The fourth-order valence-corrected chi connectivity index (χ4v) is 4.02. The molecule has 1 amide bonds. The van der Waals surface area contributed by atoms with Crippen LogP contribution < -0.4 is 15.5 Å². The first-order valence-electron chi connectivity index (χ1n) is 10.8. The van der Waals surface area contributed by atoms with Gasteiger partial charge in [-0.15, -0.1) is 0 Å². The summed E-state index contributed by atoms with van der Waals surface area (Å²) in [4.78, 5) is 27.0. The molecule has 1 saturated heterocycles. The molecule has 1 aliphatic rings. The van der Waals surface area contributed by atoms with Gasteiger partial charge in [0.15, 0.2) is 0 Å². The lowest BCUT2D eigenvalue weighted by atomic mass is 10.0. The Morgan fingerprint density at radius 3 is 2.66 bits per heavy atom. The van der Waals surface area contributed by atoms with Crippen molar-refractivity contribution in [2.75, 3.05) is 40.0 Å². The predicted octanol–water partition coefficient (Wildman–Crippen LogP) is 1.98. The van der Waals surface area contributed by atoms with Gasteiger partial charge in [-0.05, 0) is 29.8 Å². The molecule has 4 rings (SSSR count). The molecule has 2 heterocycles. The summed E-state index contributed by atoms with van der Waals surface area (Å²) in [6.07, 6.45) is 1.58. The first kappa shape index (κ1) is 22.0. The van der Waals surface area contributed by atoms with Crippen LogP contribution in [0.5, 0.6) is 5.75 Å². The van der Waals surface area contributed by atoms with Crippen molar-refractivity contribution >= 4 is 16.8 Å². The lowest BCUT2D eigenvalue weighted by Gasteiger charge is -2.35. The molecule has 1 atom stereocenters. The Morgan fingerprint density at radius 2 is 1.91 bits per heavy atom. The fraction of sp³-hybridized carbons (Fsp3) is 0.375. The number of fused-ring (bicyclic) bond motifs is 1. The highest BCUT2D eigenvalue weighted by atomic mass is 16.5. The summed E-state index contributed by atoms with van der Waals surface area (Å²) in [5.41, 5.74) is 1.74. The van der Waals surface area contributed by atoms with Gasteiger partial charge in [0.2, 0.25) is 11.3 Å². The molecule has 168 valence electrons. The van der Waals surface area contributed by atoms with E-state index in [2.05, 4.69) is 15.3 Å². The number of para-hydroxylation sites is 1. The maximum atomic E-state index is 12.7. The molecular formula is C24H28N4O4. The number of morpholine rings is 1. The largest absolute Gasteiger partial charge is 0.497 e. The van der Waals surface area contributed by atoms with Crippen LogP contribution in [0.4, 0.5) is 0 Å². The lowest BCUT2D eigenvalue weighted by molar-refractivity contribution is -0.121. The van der Waals surface area contributed by atoms with E-state index in [0.29, 0.717) is 31.7 Å². The summed E-state index contributed by atoms with van der Waals surface area (Å²) in [5, 5.41) is 7.89. The maximum absolute atomic E-state index is 12.7. The number of methoxy groups -OCH3 is 1. The fourth-order valence-electron chi connectivity index (χ4n) is 4.02. The second-order valence-corrected chi connectivity index (χ2v) is 7.74. The summed E-state index contributed by atoms with van der Waals surface area (Å²) < 4.78 is 12.5. The highest BCUT2D eigenvalue weighted by Gasteiger charge is 2.23. The number of hydrogen-bond donors (Lipinski definition) is 1. The third-order valence-electron chi connectivity index (χ3n) is 5.79. The number of nitrogens with zero attached hydrogens (tertiary/aromatic N) is 3. The first-order valence-corrected chi connectivity index (χ1v) is 10.8. The van der Waals surface area contributed by atoms with Gasteiger partial charge in [0, 0.05) is 31.4 Å². The molecule has 32 heavy (non-hydrogen) atoms. The quantitative estimate of drug-likeness (QED) is 0.581. The number of aryl methyl sites for hydroxylation is 1. The third kappa shape index (κ3) is 5.15. The molecule has 1 aromatic heterocycles.